The molecule has 0 saturated carbocycles. The molecule has 2 amide bonds. The Hall–Kier alpha value is -2.51. The Morgan fingerprint density at radius 2 is 1.59 bits per heavy atom. The maximum absolute atomic E-state index is 12.2. The van der Waals surface area contributed by atoms with Gasteiger partial charge in [-0.3, -0.25) is 14.5 Å². The highest BCUT2D eigenvalue weighted by atomic mass is 17.5. The molecule has 0 bridgehead atoms. The Bertz CT molecular complexity index is 739. The molecule has 0 fully saturated rings. The van der Waals surface area contributed by atoms with Crippen LogP contribution in [0.4, 0.5) is 5.69 Å². The van der Waals surface area contributed by atoms with Gasteiger partial charge in [-0.05, 0) is 56.9 Å². The van der Waals surface area contributed by atoms with Crippen LogP contribution in [0.25, 0.3) is 0 Å². The van der Waals surface area contributed by atoms with Gasteiger partial charge in [0.05, 0.1) is 12.1 Å². The summed E-state index contributed by atoms with van der Waals surface area (Å²) in [4.78, 5) is 47.0. The van der Waals surface area contributed by atoms with Crippen molar-refractivity contribution in [2.24, 2.45) is 0 Å². The molecule has 0 unspecified atom stereocenters. The third-order valence-corrected chi connectivity index (χ3v) is 4.39. The van der Waals surface area contributed by atoms with Gasteiger partial charge >= 0.3 is 5.97 Å². The zero-order chi connectivity index (χ0) is 20.2. The summed E-state index contributed by atoms with van der Waals surface area (Å²) in [6, 6.07) is 6.54. The number of imide groups is 1. The van der Waals surface area contributed by atoms with Crippen molar-refractivity contribution in [1.29, 1.82) is 0 Å². The van der Waals surface area contributed by atoms with Gasteiger partial charge in [-0.15, -0.1) is 0 Å². The summed E-state index contributed by atoms with van der Waals surface area (Å²) in [5, 5.41) is 4.59. The lowest BCUT2D eigenvalue weighted by Crippen LogP contribution is -2.31. The molecule has 0 aromatic heterocycles. The van der Waals surface area contributed by atoms with Crippen LogP contribution in [0, 0.1) is 0 Å². The molecule has 0 radical (unpaired) electrons. The quantitative estimate of drug-likeness (QED) is 0.393. The zero-order valence-corrected chi connectivity index (χ0v) is 16.3. The number of carbonyl (C=O) groups is 3. The van der Waals surface area contributed by atoms with Crippen LogP contribution in [0.5, 0.6) is 0 Å². The van der Waals surface area contributed by atoms with E-state index >= 15 is 0 Å². The Kier molecular flexibility index (Phi) is 6.51. The Morgan fingerprint density at radius 3 is 2.11 bits per heavy atom. The van der Waals surface area contributed by atoms with E-state index in [1.165, 1.54) is 0 Å². The van der Waals surface area contributed by atoms with Crippen LogP contribution in [0.2, 0.25) is 0 Å². The lowest BCUT2D eigenvalue weighted by Gasteiger charge is -2.20. The number of rotatable bonds is 8. The van der Waals surface area contributed by atoms with Gasteiger partial charge in [-0.1, -0.05) is 25.5 Å². The maximum Gasteiger partial charge on any atom is 0.349 e. The second kappa shape index (κ2) is 8.45. The minimum Gasteiger partial charge on any atom is -0.269 e. The van der Waals surface area contributed by atoms with Crippen molar-refractivity contribution in [2.45, 2.75) is 59.5 Å². The number of benzene rings is 1. The van der Waals surface area contributed by atoms with Crippen molar-refractivity contribution in [3.05, 3.63) is 41.0 Å². The third-order valence-electron chi connectivity index (χ3n) is 4.39. The van der Waals surface area contributed by atoms with E-state index in [1.807, 2.05) is 20.8 Å². The molecule has 7 nitrogen and oxygen atoms in total. The monoisotopic (exact) mass is 375 g/mol. The highest BCUT2D eigenvalue weighted by molar-refractivity contribution is 6.32. The number of anilines is 1. The average Bonchev–Trinajstić information content (AvgIpc) is 2.79. The minimum atomic E-state index is -0.614. The van der Waals surface area contributed by atoms with E-state index in [4.69, 9.17) is 4.89 Å². The van der Waals surface area contributed by atoms with Crippen molar-refractivity contribution in [3.8, 4) is 0 Å². The molecular weight excluding hydrogens is 350 g/mol. The zero-order valence-electron chi connectivity index (χ0n) is 16.3. The molecule has 0 saturated heterocycles. The van der Waals surface area contributed by atoms with Gasteiger partial charge in [0.1, 0.15) is 5.60 Å². The normalized spacial score (nSPS) is 14.9. The molecular formula is C20H25NO6. The predicted molar refractivity (Wildman–Crippen MR) is 98.3 cm³/mol. The Balaban J connectivity index is 1.90. The van der Waals surface area contributed by atoms with Crippen LogP contribution in [0.15, 0.2) is 35.4 Å². The molecule has 2 rings (SSSR count). The summed E-state index contributed by atoms with van der Waals surface area (Å²) in [7, 11) is 0. The standard InChI is InChI=1S/C20H25NO6/c1-6-11-20(4,5)26-27-25-17(22)12-15-7-9-16(10-8-15)21-18(23)13(2)14(3)19(21)24/h7-10H,6,11-12H2,1-5H3. The molecule has 1 aliphatic rings. The number of amides is 2. The first-order valence-electron chi connectivity index (χ1n) is 8.86. The van der Waals surface area contributed by atoms with Gasteiger partial charge in [0.25, 0.3) is 11.8 Å². The van der Waals surface area contributed by atoms with Gasteiger partial charge in [-0.25, -0.2) is 9.69 Å². The molecule has 0 aliphatic carbocycles. The molecule has 0 spiro atoms. The van der Waals surface area contributed by atoms with Gasteiger partial charge < -0.3 is 0 Å². The molecule has 1 aromatic carbocycles. The maximum atomic E-state index is 12.2. The largest absolute Gasteiger partial charge is 0.349 e. The Morgan fingerprint density at radius 1 is 1.04 bits per heavy atom. The summed E-state index contributed by atoms with van der Waals surface area (Å²) < 4.78 is 0. The van der Waals surface area contributed by atoms with Gasteiger partial charge in [-0.2, -0.15) is 4.89 Å². The van der Waals surface area contributed by atoms with E-state index in [1.54, 1.807) is 38.1 Å². The van der Waals surface area contributed by atoms with Crippen LogP contribution in [-0.4, -0.2) is 23.4 Å². The fourth-order valence-electron chi connectivity index (χ4n) is 2.73. The summed E-state index contributed by atoms with van der Waals surface area (Å²) in [5.41, 5.74) is 1.45. The van der Waals surface area contributed by atoms with E-state index in [9.17, 15) is 14.4 Å². The lowest BCUT2D eigenvalue weighted by atomic mass is 10.0. The number of carbonyl (C=O) groups excluding carboxylic acids is 3. The van der Waals surface area contributed by atoms with E-state index in [2.05, 4.69) is 9.93 Å². The van der Waals surface area contributed by atoms with Crippen molar-refractivity contribution in [3.63, 3.8) is 0 Å². The first-order chi connectivity index (χ1) is 12.7. The van der Waals surface area contributed by atoms with Crippen molar-refractivity contribution in [2.75, 3.05) is 4.90 Å². The second-order valence-corrected chi connectivity index (χ2v) is 7.16. The molecule has 27 heavy (non-hydrogen) atoms. The van der Waals surface area contributed by atoms with Gasteiger partial charge in [0.15, 0.2) is 0 Å². The van der Waals surface area contributed by atoms with Crippen LogP contribution in [0.1, 0.15) is 53.0 Å². The fraction of sp³-hybridized carbons (Fsp3) is 0.450. The van der Waals surface area contributed by atoms with Crippen molar-refractivity contribution in [1.82, 2.24) is 0 Å². The van der Waals surface area contributed by atoms with E-state index in [0.29, 0.717) is 22.4 Å². The minimum absolute atomic E-state index is 0.0317. The van der Waals surface area contributed by atoms with E-state index in [0.717, 1.165) is 17.7 Å². The molecule has 1 aliphatic heterocycles. The summed E-state index contributed by atoms with van der Waals surface area (Å²) in [6.07, 6.45) is 1.64. The van der Waals surface area contributed by atoms with Crippen molar-refractivity contribution < 1.29 is 29.2 Å². The number of nitrogens with zero attached hydrogens (tertiary/aromatic N) is 1. The molecule has 7 heteroatoms. The van der Waals surface area contributed by atoms with Crippen LogP contribution >= 0.6 is 0 Å². The van der Waals surface area contributed by atoms with Gasteiger partial charge in [0.2, 0.25) is 0 Å². The first kappa shape index (κ1) is 20.8. The fourth-order valence-corrected chi connectivity index (χ4v) is 2.73. The summed E-state index contributed by atoms with van der Waals surface area (Å²) in [6.45, 7) is 8.95. The second-order valence-electron chi connectivity index (χ2n) is 7.16. The van der Waals surface area contributed by atoms with Crippen LogP contribution in [0.3, 0.4) is 0 Å². The first-order valence-corrected chi connectivity index (χ1v) is 8.86. The number of hydrogen-bond donors (Lipinski definition) is 0. The van der Waals surface area contributed by atoms with E-state index < -0.39 is 11.6 Å². The Labute approximate surface area is 158 Å². The molecule has 1 aromatic rings. The third kappa shape index (κ3) is 5.02. The summed E-state index contributed by atoms with van der Waals surface area (Å²) in [5.74, 6) is -1.27. The highest BCUT2D eigenvalue weighted by Crippen LogP contribution is 2.26. The predicted octanol–water partition coefficient (Wildman–Crippen LogP) is 3.42. The summed E-state index contributed by atoms with van der Waals surface area (Å²) >= 11 is 0. The molecule has 0 atom stereocenters. The van der Waals surface area contributed by atoms with E-state index in [-0.39, 0.29) is 18.2 Å². The highest BCUT2D eigenvalue weighted by Gasteiger charge is 2.34. The topological polar surface area (TPSA) is 82.1 Å². The average molecular weight is 375 g/mol. The van der Waals surface area contributed by atoms with Crippen LogP contribution in [-0.2, 0) is 35.6 Å². The van der Waals surface area contributed by atoms with Crippen LogP contribution < -0.4 is 4.90 Å². The van der Waals surface area contributed by atoms with Gasteiger partial charge in [0, 0.05) is 11.1 Å². The molecule has 0 N–H and O–H groups in total. The smallest absolute Gasteiger partial charge is 0.269 e. The van der Waals surface area contributed by atoms with Crippen molar-refractivity contribution >= 4 is 23.5 Å². The number of hydrogen-bond acceptors (Lipinski definition) is 6. The lowest BCUT2D eigenvalue weighted by molar-refractivity contribution is -0.517. The molecule has 1 heterocycles. The SMILES string of the molecule is CCCC(C)(C)OOOC(=O)Cc1ccc(N2C(=O)C(C)=C(C)C2=O)cc1. The molecule has 146 valence electrons.